The van der Waals surface area contributed by atoms with E-state index in [4.69, 9.17) is 14.5 Å². The fourth-order valence-corrected chi connectivity index (χ4v) is 8.89. The highest BCUT2D eigenvalue weighted by Gasteiger charge is 2.49. The standard InChI is InChI=1S/C36H41F3N6O3/c1-3-24-27(38)7-6-21-12-23(47-2)13-25(29(21)24)31-30(39)32-26(16-40-31)33(44-10-4-8-35(19-44)15-28(46)41-18-35)43-34(42-32)48-20-36-9-5-11-45(36)17-22(37)14-36/h6-7,12-13,16,22,28,41,46H,3-5,8-11,14-15,17-20H2,1-2H3/t22-,28?,35?,36+/m1/s1. The van der Waals surface area contributed by atoms with Crippen LogP contribution in [0.25, 0.3) is 32.9 Å². The molecule has 254 valence electrons. The Bertz CT molecular complexity index is 1890. The summed E-state index contributed by atoms with van der Waals surface area (Å²) in [6.45, 7) is 5.26. The van der Waals surface area contributed by atoms with Gasteiger partial charge >= 0.3 is 6.01 Å². The smallest absolute Gasteiger partial charge is 0.319 e. The van der Waals surface area contributed by atoms with Crippen LogP contribution in [-0.4, -0.2) is 89.3 Å². The van der Waals surface area contributed by atoms with Crippen LogP contribution in [0.5, 0.6) is 11.8 Å². The molecular weight excluding hydrogens is 621 g/mol. The van der Waals surface area contributed by atoms with Crippen LogP contribution in [0.1, 0.15) is 51.0 Å². The molecule has 4 atom stereocenters. The molecule has 2 aromatic heterocycles. The second kappa shape index (κ2) is 12.0. The Morgan fingerprint density at radius 3 is 2.75 bits per heavy atom. The number of pyridine rings is 1. The van der Waals surface area contributed by atoms with Crippen LogP contribution in [0.3, 0.4) is 0 Å². The Balaban J connectivity index is 1.27. The number of piperidine rings is 1. The zero-order valence-electron chi connectivity index (χ0n) is 27.4. The average Bonchev–Trinajstić information content (AvgIpc) is 3.74. The van der Waals surface area contributed by atoms with Crippen molar-refractivity contribution >= 4 is 27.5 Å². The van der Waals surface area contributed by atoms with Crippen molar-refractivity contribution < 1.29 is 27.8 Å². The van der Waals surface area contributed by atoms with Gasteiger partial charge in [-0.2, -0.15) is 9.97 Å². The van der Waals surface area contributed by atoms with Gasteiger partial charge in [0.25, 0.3) is 0 Å². The van der Waals surface area contributed by atoms with Crippen molar-refractivity contribution in [3.63, 3.8) is 0 Å². The summed E-state index contributed by atoms with van der Waals surface area (Å²) in [5.41, 5.74) is 0.368. The normalized spacial score (nSPS) is 27.4. The Labute approximate surface area is 277 Å². The van der Waals surface area contributed by atoms with Gasteiger partial charge in [-0.05, 0) is 79.6 Å². The third-order valence-electron chi connectivity index (χ3n) is 11.2. The fraction of sp³-hybridized carbons (Fsp3) is 0.528. The van der Waals surface area contributed by atoms with E-state index in [0.717, 1.165) is 32.2 Å². The number of alkyl halides is 1. The first kappa shape index (κ1) is 31.5. The van der Waals surface area contributed by atoms with Gasteiger partial charge in [0.1, 0.15) is 47.6 Å². The Kier molecular flexibility index (Phi) is 7.88. The van der Waals surface area contributed by atoms with E-state index in [-0.39, 0.29) is 35.1 Å². The lowest BCUT2D eigenvalue weighted by atomic mass is 9.79. The molecule has 2 aromatic carbocycles. The number of anilines is 1. The molecule has 4 aromatic rings. The maximum Gasteiger partial charge on any atom is 0.319 e. The molecule has 0 radical (unpaired) electrons. The Morgan fingerprint density at radius 2 is 1.96 bits per heavy atom. The number of aryl methyl sites for hydroxylation is 1. The number of nitrogens with zero attached hydrogens (tertiary/aromatic N) is 5. The van der Waals surface area contributed by atoms with Crippen LogP contribution in [0.4, 0.5) is 19.0 Å². The van der Waals surface area contributed by atoms with E-state index in [9.17, 15) is 9.50 Å². The number of hydrogen-bond donors (Lipinski definition) is 2. The molecule has 4 aliphatic rings. The lowest BCUT2D eigenvalue weighted by Crippen LogP contribution is -2.45. The number of methoxy groups -OCH3 is 1. The minimum Gasteiger partial charge on any atom is -0.497 e. The lowest BCUT2D eigenvalue weighted by molar-refractivity contribution is 0.107. The predicted molar refractivity (Wildman–Crippen MR) is 177 cm³/mol. The second-order valence-electron chi connectivity index (χ2n) is 14.2. The van der Waals surface area contributed by atoms with Gasteiger partial charge in [-0.15, -0.1) is 0 Å². The number of fused-ring (bicyclic) bond motifs is 3. The van der Waals surface area contributed by atoms with Gasteiger partial charge in [0, 0.05) is 49.8 Å². The molecule has 1 spiro atoms. The topological polar surface area (TPSA) is 95.9 Å². The molecule has 4 fully saturated rings. The van der Waals surface area contributed by atoms with Gasteiger partial charge in [-0.3, -0.25) is 15.2 Å². The van der Waals surface area contributed by atoms with Crippen molar-refractivity contribution in [2.24, 2.45) is 5.41 Å². The number of hydrogen-bond acceptors (Lipinski definition) is 9. The minimum atomic E-state index is -0.913. The fourth-order valence-electron chi connectivity index (χ4n) is 8.89. The van der Waals surface area contributed by atoms with E-state index in [1.165, 1.54) is 13.2 Å². The van der Waals surface area contributed by atoms with Crippen molar-refractivity contribution in [3.8, 4) is 23.0 Å². The second-order valence-corrected chi connectivity index (χ2v) is 14.2. The van der Waals surface area contributed by atoms with Crippen LogP contribution in [0.15, 0.2) is 30.5 Å². The van der Waals surface area contributed by atoms with Gasteiger partial charge in [-0.25, -0.2) is 13.2 Å². The van der Waals surface area contributed by atoms with Crippen molar-refractivity contribution in [3.05, 3.63) is 47.7 Å². The molecule has 9 nitrogen and oxygen atoms in total. The number of rotatable bonds is 7. The third-order valence-corrected chi connectivity index (χ3v) is 11.2. The van der Waals surface area contributed by atoms with Crippen LogP contribution in [-0.2, 0) is 6.42 Å². The highest BCUT2D eigenvalue weighted by Crippen LogP contribution is 2.44. The summed E-state index contributed by atoms with van der Waals surface area (Å²) < 4.78 is 58.6. The first-order valence-corrected chi connectivity index (χ1v) is 17.1. The van der Waals surface area contributed by atoms with E-state index in [2.05, 4.69) is 25.1 Å². The van der Waals surface area contributed by atoms with Gasteiger partial charge in [-0.1, -0.05) is 13.0 Å². The molecule has 12 heteroatoms. The zero-order chi connectivity index (χ0) is 33.2. The maximum atomic E-state index is 17.1. The van der Waals surface area contributed by atoms with E-state index >= 15 is 8.78 Å². The summed E-state index contributed by atoms with van der Waals surface area (Å²) >= 11 is 0. The maximum absolute atomic E-state index is 17.1. The molecule has 2 unspecified atom stereocenters. The van der Waals surface area contributed by atoms with Crippen molar-refractivity contribution in [1.29, 1.82) is 0 Å². The summed E-state index contributed by atoms with van der Waals surface area (Å²) in [5.74, 6) is -0.0307. The summed E-state index contributed by atoms with van der Waals surface area (Å²) in [5, 5.41) is 15.2. The van der Waals surface area contributed by atoms with Crippen molar-refractivity contribution in [2.45, 2.75) is 69.8 Å². The zero-order valence-corrected chi connectivity index (χ0v) is 27.4. The molecule has 0 aliphatic carbocycles. The number of ether oxygens (including phenoxy) is 2. The number of benzene rings is 2. The Morgan fingerprint density at radius 1 is 1.10 bits per heavy atom. The summed E-state index contributed by atoms with van der Waals surface area (Å²) in [4.78, 5) is 18.5. The first-order valence-electron chi connectivity index (χ1n) is 17.1. The molecule has 8 rings (SSSR count). The lowest BCUT2D eigenvalue weighted by Gasteiger charge is -2.41. The molecule has 4 saturated heterocycles. The summed E-state index contributed by atoms with van der Waals surface area (Å²) in [7, 11) is 1.53. The van der Waals surface area contributed by atoms with Gasteiger partial charge in [0.05, 0.1) is 18.0 Å². The molecular formula is C36H41F3N6O3. The highest BCUT2D eigenvalue weighted by molar-refractivity contribution is 6.01. The predicted octanol–water partition coefficient (Wildman–Crippen LogP) is 5.55. The van der Waals surface area contributed by atoms with Crippen LogP contribution in [0.2, 0.25) is 0 Å². The first-order chi connectivity index (χ1) is 23.2. The molecule has 0 bridgehead atoms. The quantitative estimate of drug-likeness (QED) is 0.264. The number of nitrogens with one attached hydrogen (secondary N) is 1. The number of halogens is 3. The third kappa shape index (κ3) is 5.23. The minimum absolute atomic E-state index is 0.0251. The van der Waals surface area contributed by atoms with E-state index in [1.807, 2.05) is 6.92 Å². The van der Waals surface area contributed by atoms with Gasteiger partial charge in [0.2, 0.25) is 0 Å². The SMILES string of the molecule is CCc1c(F)ccc2cc(OC)cc(-c3ncc4c(N5CCCC6(CNC(O)C6)C5)nc(OC[C@@]56CCCN5C[C@H](F)C6)nc4c3F)c12. The van der Waals surface area contributed by atoms with Crippen LogP contribution in [0, 0.1) is 17.0 Å². The molecule has 4 aliphatic heterocycles. The van der Waals surface area contributed by atoms with Crippen molar-refractivity contribution in [2.75, 3.05) is 51.3 Å². The number of aromatic nitrogens is 3. The average molecular weight is 663 g/mol. The van der Waals surface area contributed by atoms with Gasteiger partial charge in [0.15, 0.2) is 5.82 Å². The van der Waals surface area contributed by atoms with E-state index < -0.39 is 23.8 Å². The molecule has 48 heavy (non-hydrogen) atoms. The van der Waals surface area contributed by atoms with E-state index in [0.29, 0.717) is 84.3 Å². The van der Waals surface area contributed by atoms with Crippen molar-refractivity contribution in [1.82, 2.24) is 25.2 Å². The number of aliphatic hydroxyl groups excluding tert-OH is 1. The van der Waals surface area contributed by atoms with Gasteiger partial charge < -0.3 is 19.5 Å². The molecule has 0 amide bonds. The Hall–Kier alpha value is -3.74. The molecule has 2 N–H and O–H groups in total. The van der Waals surface area contributed by atoms with Crippen LogP contribution < -0.4 is 19.7 Å². The monoisotopic (exact) mass is 662 g/mol. The summed E-state index contributed by atoms with van der Waals surface area (Å²) in [6.07, 6.45) is 5.14. The summed E-state index contributed by atoms with van der Waals surface area (Å²) in [6, 6.07) is 6.60. The van der Waals surface area contributed by atoms with Crippen LogP contribution >= 0.6 is 0 Å². The number of aliphatic hydroxyl groups is 1. The largest absolute Gasteiger partial charge is 0.497 e. The highest BCUT2D eigenvalue weighted by atomic mass is 19.1. The molecule has 0 saturated carbocycles. The molecule has 6 heterocycles. The van der Waals surface area contributed by atoms with E-state index in [1.54, 1.807) is 24.4 Å².